The third-order valence-electron chi connectivity index (χ3n) is 5.82. The summed E-state index contributed by atoms with van der Waals surface area (Å²) in [4.78, 5) is 26.6. The summed E-state index contributed by atoms with van der Waals surface area (Å²) in [6.07, 6.45) is 3.86. The number of nitrogens with one attached hydrogen (secondary N) is 1. The average Bonchev–Trinajstić information content (AvgIpc) is 2.74. The first-order valence-electron chi connectivity index (χ1n) is 11.4. The number of carboxylic acid groups (broad SMARTS) is 1. The molecule has 2 bridgehead atoms. The molecule has 0 saturated carbocycles. The van der Waals surface area contributed by atoms with Crippen molar-refractivity contribution in [2.24, 2.45) is 5.92 Å². The first-order valence-corrected chi connectivity index (χ1v) is 11.4. The maximum Gasteiger partial charge on any atom is 0.326 e. The van der Waals surface area contributed by atoms with E-state index in [0.29, 0.717) is 18.6 Å². The largest absolute Gasteiger partial charge is 0.493 e. The number of amides is 1. The number of carboxylic acids is 1. The van der Waals surface area contributed by atoms with Gasteiger partial charge < -0.3 is 20.1 Å². The molecule has 1 aliphatic heterocycles. The van der Waals surface area contributed by atoms with Crippen molar-refractivity contribution in [3.63, 3.8) is 0 Å². The molecule has 1 heterocycles. The van der Waals surface area contributed by atoms with Crippen LogP contribution >= 0.6 is 0 Å². The van der Waals surface area contributed by atoms with Gasteiger partial charge >= 0.3 is 5.97 Å². The molecule has 0 saturated heterocycles. The molecule has 6 heteroatoms. The zero-order valence-electron chi connectivity index (χ0n) is 19.3. The van der Waals surface area contributed by atoms with E-state index in [1.807, 2.05) is 12.1 Å². The van der Waals surface area contributed by atoms with E-state index in [-0.39, 0.29) is 11.8 Å². The highest BCUT2D eigenvalue weighted by Crippen LogP contribution is 2.25. The molecule has 0 aliphatic carbocycles. The van der Waals surface area contributed by atoms with Crippen LogP contribution in [0.15, 0.2) is 42.5 Å². The fourth-order valence-corrected chi connectivity index (χ4v) is 4.03. The van der Waals surface area contributed by atoms with Gasteiger partial charge in [0.05, 0.1) is 6.61 Å². The summed E-state index contributed by atoms with van der Waals surface area (Å²) in [7, 11) is 2.15. The van der Waals surface area contributed by atoms with Gasteiger partial charge in [0.2, 0.25) is 0 Å². The normalized spacial score (nSPS) is 16.4. The van der Waals surface area contributed by atoms with Crippen molar-refractivity contribution in [2.45, 2.75) is 52.1 Å². The minimum Gasteiger partial charge on any atom is -0.493 e. The Kier molecular flexibility index (Phi) is 8.28. The Balaban J connectivity index is 1.89. The lowest BCUT2D eigenvalue weighted by molar-refractivity contribution is -0.140. The number of hydrogen-bond acceptors (Lipinski definition) is 4. The van der Waals surface area contributed by atoms with Crippen molar-refractivity contribution in [1.82, 2.24) is 10.2 Å². The lowest BCUT2D eigenvalue weighted by Crippen LogP contribution is -2.44. The topological polar surface area (TPSA) is 78.9 Å². The molecule has 1 aliphatic rings. The van der Waals surface area contributed by atoms with Gasteiger partial charge in [-0.25, -0.2) is 4.79 Å². The lowest BCUT2D eigenvalue weighted by atomic mass is 9.99. The molecule has 2 N–H and O–H groups in total. The number of carbonyl (C=O) groups excluding carboxylic acids is 1. The molecule has 2 aromatic rings. The minimum absolute atomic E-state index is 0.210. The Hall–Kier alpha value is -2.86. The molecular formula is C26H34N2O4. The Labute approximate surface area is 190 Å². The van der Waals surface area contributed by atoms with Gasteiger partial charge in [0, 0.05) is 18.5 Å². The van der Waals surface area contributed by atoms with Crippen molar-refractivity contribution in [1.29, 1.82) is 0 Å². The number of nitrogens with zero attached hydrogens (tertiary/aromatic N) is 1. The predicted molar refractivity (Wildman–Crippen MR) is 125 cm³/mol. The fourth-order valence-electron chi connectivity index (χ4n) is 4.03. The van der Waals surface area contributed by atoms with Crippen LogP contribution in [0.3, 0.4) is 0 Å². The number of ether oxygens (including phenoxy) is 1. The SMILES string of the molecule is CC(C)C(NC(=O)c1ccc2c(c1)Cc1cccc(c1)CN(C)CCCCCO2)C(=O)O. The molecule has 172 valence electrons. The van der Waals surface area contributed by atoms with Crippen molar-refractivity contribution < 1.29 is 19.4 Å². The summed E-state index contributed by atoms with van der Waals surface area (Å²) in [6, 6.07) is 13.0. The van der Waals surface area contributed by atoms with E-state index >= 15 is 0 Å². The molecule has 0 fully saturated rings. The highest BCUT2D eigenvalue weighted by Gasteiger charge is 2.24. The van der Waals surface area contributed by atoms with Crippen LogP contribution in [0, 0.1) is 5.92 Å². The highest BCUT2D eigenvalue weighted by molar-refractivity contribution is 5.97. The molecule has 1 unspecified atom stereocenters. The van der Waals surface area contributed by atoms with E-state index in [1.165, 1.54) is 5.56 Å². The Morgan fingerprint density at radius 2 is 1.84 bits per heavy atom. The van der Waals surface area contributed by atoms with Crippen molar-refractivity contribution in [3.8, 4) is 5.75 Å². The van der Waals surface area contributed by atoms with Crippen LogP contribution in [-0.2, 0) is 17.8 Å². The molecule has 2 aromatic carbocycles. The van der Waals surface area contributed by atoms with E-state index in [1.54, 1.807) is 19.9 Å². The number of rotatable bonds is 4. The van der Waals surface area contributed by atoms with E-state index < -0.39 is 12.0 Å². The summed E-state index contributed by atoms with van der Waals surface area (Å²) < 4.78 is 6.08. The fraction of sp³-hybridized carbons (Fsp3) is 0.462. The lowest BCUT2D eigenvalue weighted by Gasteiger charge is -2.20. The molecular weight excluding hydrogens is 404 g/mol. The first kappa shape index (κ1) is 23.8. The third-order valence-corrected chi connectivity index (χ3v) is 5.82. The van der Waals surface area contributed by atoms with Gasteiger partial charge in [-0.05, 0) is 73.7 Å². The second-order valence-corrected chi connectivity index (χ2v) is 9.00. The van der Waals surface area contributed by atoms with Gasteiger partial charge in [-0.2, -0.15) is 0 Å². The van der Waals surface area contributed by atoms with Gasteiger partial charge in [-0.3, -0.25) is 4.79 Å². The monoisotopic (exact) mass is 438 g/mol. The van der Waals surface area contributed by atoms with Gasteiger partial charge in [-0.15, -0.1) is 0 Å². The van der Waals surface area contributed by atoms with Crippen LogP contribution in [0.25, 0.3) is 0 Å². The van der Waals surface area contributed by atoms with E-state index in [2.05, 4.69) is 41.5 Å². The standard InChI is InChI=1S/C26H34N2O4/c1-18(2)24(26(30)31)27-25(29)21-10-11-23-22(16-21)15-19-8-7-9-20(14-19)17-28(3)12-5-4-6-13-32-23/h7-11,14,16,18,24H,4-6,12-13,15,17H2,1-3H3,(H,27,29)(H,30,31). The van der Waals surface area contributed by atoms with E-state index in [9.17, 15) is 14.7 Å². The maximum atomic E-state index is 12.8. The smallest absolute Gasteiger partial charge is 0.326 e. The van der Waals surface area contributed by atoms with Gasteiger partial charge in [0.25, 0.3) is 5.91 Å². The molecule has 0 aromatic heterocycles. The second-order valence-electron chi connectivity index (χ2n) is 9.00. The van der Waals surface area contributed by atoms with Crippen LogP contribution in [0.2, 0.25) is 0 Å². The Morgan fingerprint density at radius 1 is 1.06 bits per heavy atom. The number of fused-ring (bicyclic) bond motifs is 3. The number of hydrogen-bond donors (Lipinski definition) is 2. The maximum absolute atomic E-state index is 12.8. The van der Waals surface area contributed by atoms with Crippen molar-refractivity contribution >= 4 is 11.9 Å². The Bertz CT molecular complexity index is 941. The van der Waals surface area contributed by atoms with Crippen LogP contribution in [0.5, 0.6) is 5.75 Å². The molecule has 6 nitrogen and oxygen atoms in total. The van der Waals surface area contributed by atoms with Crippen molar-refractivity contribution in [2.75, 3.05) is 20.2 Å². The zero-order chi connectivity index (χ0) is 23.1. The van der Waals surface area contributed by atoms with Crippen LogP contribution in [0.4, 0.5) is 0 Å². The highest BCUT2D eigenvalue weighted by atomic mass is 16.5. The van der Waals surface area contributed by atoms with Crippen molar-refractivity contribution in [3.05, 3.63) is 64.7 Å². The molecule has 0 spiro atoms. The minimum atomic E-state index is -1.03. The van der Waals surface area contributed by atoms with E-state index in [4.69, 9.17) is 4.74 Å². The van der Waals surface area contributed by atoms with Crippen LogP contribution in [0.1, 0.15) is 60.2 Å². The van der Waals surface area contributed by atoms with Gasteiger partial charge in [0.1, 0.15) is 11.8 Å². The number of aliphatic carboxylic acids is 1. The summed E-state index contributed by atoms with van der Waals surface area (Å²) in [5, 5.41) is 12.1. The summed E-state index contributed by atoms with van der Waals surface area (Å²) in [5.74, 6) is -0.849. The Morgan fingerprint density at radius 3 is 2.59 bits per heavy atom. The third kappa shape index (κ3) is 6.57. The predicted octanol–water partition coefficient (Wildman–Crippen LogP) is 4.11. The zero-order valence-corrected chi connectivity index (χ0v) is 19.3. The van der Waals surface area contributed by atoms with Gasteiger partial charge in [0.15, 0.2) is 0 Å². The number of carbonyl (C=O) groups is 2. The van der Waals surface area contributed by atoms with Gasteiger partial charge in [-0.1, -0.05) is 38.1 Å². The molecule has 3 rings (SSSR count). The quantitative estimate of drug-likeness (QED) is 0.751. The molecule has 1 atom stereocenters. The average molecular weight is 439 g/mol. The summed E-state index contributed by atoms with van der Waals surface area (Å²) in [6.45, 7) is 6.16. The summed E-state index contributed by atoms with van der Waals surface area (Å²) in [5.41, 5.74) is 3.79. The van der Waals surface area contributed by atoms with E-state index in [0.717, 1.165) is 49.2 Å². The number of benzene rings is 2. The molecule has 32 heavy (non-hydrogen) atoms. The summed E-state index contributed by atoms with van der Waals surface area (Å²) >= 11 is 0. The van der Waals surface area contributed by atoms with Crippen LogP contribution in [-0.4, -0.2) is 48.1 Å². The molecule has 0 radical (unpaired) electrons. The molecule has 1 amide bonds. The van der Waals surface area contributed by atoms with Crippen LogP contribution < -0.4 is 10.1 Å². The first-order chi connectivity index (χ1) is 15.3. The second kappa shape index (κ2) is 11.1.